The first-order chi connectivity index (χ1) is 7.31. The minimum atomic E-state index is -0.322. The maximum atomic E-state index is 12.2. The topological polar surface area (TPSA) is 34.1 Å². The number of Topliss-reactive ketones (excluding diaryl/α,β-unsaturated/α-hetero) is 2. The van der Waals surface area contributed by atoms with E-state index in [2.05, 4.69) is 27.7 Å². The van der Waals surface area contributed by atoms with Crippen LogP contribution in [0.25, 0.3) is 0 Å². The van der Waals surface area contributed by atoms with Crippen LogP contribution in [0.15, 0.2) is 0 Å². The molecule has 1 unspecified atom stereocenters. The van der Waals surface area contributed by atoms with Crippen molar-refractivity contribution in [2.24, 2.45) is 34.5 Å². The molecule has 3 rings (SSSR count). The first-order valence-electron chi connectivity index (χ1n) is 6.37. The van der Waals surface area contributed by atoms with E-state index in [1.54, 1.807) is 0 Å². The molecule has 0 spiro atoms. The number of ketones is 2. The molecule has 0 N–H and O–H groups in total. The van der Waals surface area contributed by atoms with Gasteiger partial charge in [-0.15, -0.1) is 0 Å². The van der Waals surface area contributed by atoms with Gasteiger partial charge in [-0.05, 0) is 29.6 Å². The van der Waals surface area contributed by atoms with Crippen molar-refractivity contribution >= 4 is 11.6 Å². The van der Waals surface area contributed by atoms with E-state index >= 15 is 0 Å². The van der Waals surface area contributed by atoms with Gasteiger partial charge >= 0.3 is 0 Å². The fraction of sp³-hybridized carbons (Fsp3) is 0.857. The van der Waals surface area contributed by atoms with Crippen LogP contribution in [0, 0.1) is 34.5 Å². The van der Waals surface area contributed by atoms with E-state index in [-0.39, 0.29) is 34.7 Å². The van der Waals surface area contributed by atoms with Crippen LogP contribution in [-0.2, 0) is 9.59 Å². The van der Waals surface area contributed by atoms with Gasteiger partial charge in [0.1, 0.15) is 11.6 Å². The van der Waals surface area contributed by atoms with E-state index in [1.165, 1.54) is 0 Å². The Labute approximate surface area is 96.8 Å². The van der Waals surface area contributed by atoms with Crippen molar-refractivity contribution in [3.05, 3.63) is 0 Å². The summed E-state index contributed by atoms with van der Waals surface area (Å²) < 4.78 is 0. The fourth-order valence-electron chi connectivity index (χ4n) is 5.51. The van der Waals surface area contributed by atoms with Crippen molar-refractivity contribution in [1.82, 2.24) is 0 Å². The van der Waals surface area contributed by atoms with Crippen LogP contribution in [0.1, 0.15) is 40.5 Å². The van der Waals surface area contributed by atoms with Gasteiger partial charge in [-0.25, -0.2) is 0 Å². The fourth-order valence-corrected chi connectivity index (χ4v) is 5.51. The Morgan fingerprint density at radius 1 is 1.19 bits per heavy atom. The summed E-state index contributed by atoms with van der Waals surface area (Å²) in [5.41, 5.74) is -0.150. The summed E-state index contributed by atoms with van der Waals surface area (Å²) >= 11 is 0. The lowest BCUT2D eigenvalue weighted by Crippen LogP contribution is -2.38. The van der Waals surface area contributed by atoms with Crippen LogP contribution in [0.2, 0.25) is 0 Å². The third-order valence-electron chi connectivity index (χ3n) is 5.99. The number of carbonyl (C=O) groups is 2. The van der Waals surface area contributed by atoms with Gasteiger partial charge < -0.3 is 0 Å². The van der Waals surface area contributed by atoms with Crippen LogP contribution in [0.5, 0.6) is 0 Å². The number of carbonyl (C=O) groups excluding carboxylic acids is 2. The zero-order valence-electron chi connectivity index (χ0n) is 10.5. The van der Waals surface area contributed by atoms with E-state index in [9.17, 15) is 9.59 Å². The molecule has 3 aliphatic rings. The molecule has 2 bridgehead atoms. The van der Waals surface area contributed by atoms with Crippen molar-refractivity contribution < 1.29 is 9.59 Å². The highest BCUT2D eigenvalue weighted by Gasteiger charge is 2.73. The first kappa shape index (κ1) is 10.5. The monoisotopic (exact) mass is 220 g/mol. The highest BCUT2D eigenvalue weighted by atomic mass is 16.2. The van der Waals surface area contributed by atoms with Crippen LogP contribution in [0.4, 0.5) is 0 Å². The van der Waals surface area contributed by atoms with E-state index in [1.807, 2.05) is 0 Å². The molecule has 0 heterocycles. The second-order valence-corrected chi connectivity index (χ2v) is 6.94. The molecular weight excluding hydrogens is 200 g/mol. The number of rotatable bonds is 0. The predicted octanol–water partition coefficient (Wildman–Crippen LogP) is 2.46. The Hall–Kier alpha value is -0.660. The minimum Gasteiger partial charge on any atom is -0.299 e. The SMILES string of the molecule is CC1C[C@H]2C(C)(C)[C@@H]1[C@H]1C(=O)CC(=O)[C@]12C. The molecule has 0 aromatic carbocycles. The third kappa shape index (κ3) is 0.834. The predicted molar refractivity (Wildman–Crippen MR) is 60.8 cm³/mol. The van der Waals surface area contributed by atoms with Gasteiger partial charge in [0.2, 0.25) is 0 Å². The summed E-state index contributed by atoms with van der Waals surface area (Å²) in [6, 6.07) is 0. The maximum absolute atomic E-state index is 12.2. The Morgan fingerprint density at radius 3 is 2.44 bits per heavy atom. The molecule has 0 saturated heterocycles. The molecule has 3 saturated carbocycles. The molecule has 0 aliphatic heterocycles. The lowest BCUT2D eigenvalue weighted by atomic mass is 9.66. The first-order valence-corrected chi connectivity index (χ1v) is 6.37. The number of fused-ring (bicyclic) bond motifs is 5. The molecule has 5 atom stereocenters. The van der Waals surface area contributed by atoms with Crippen LogP contribution >= 0.6 is 0 Å². The van der Waals surface area contributed by atoms with Crippen LogP contribution in [0.3, 0.4) is 0 Å². The zero-order chi connectivity index (χ0) is 11.9. The molecule has 3 fully saturated rings. The van der Waals surface area contributed by atoms with Crippen molar-refractivity contribution in [2.45, 2.75) is 40.5 Å². The molecule has 16 heavy (non-hydrogen) atoms. The Kier molecular flexibility index (Phi) is 1.70. The second kappa shape index (κ2) is 2.60. The molecule has 88 valence electrons. The lowest BCUT2D eigenvalue weighted by molar-refractivity contribution is -0.130. The highest BCUT2D eigenvalue weighted by molar-refractivity contribution is 6.11. The Morgan fingerprint density at radius 2 is 1.81 bits per heavy atom. The molecule has 2 heteroatoms. The summed E-state index contributed by atoms with van der Waals surface area (Å²) in [6.45, 7) is 8.83. The lowest BCUT2D eigenvalue weighted by Gasteiger charge is -2.36. The van der Waals surface area contributed by atoms with Gasteiger partial charge in [-0.1, -0.05) is 27.7 Å². The molecule has 0 aromatic heterocycles. The summed E-state index contributed by atoms with van der Waals surface area (Å²) in [6.07, 6.45) is 1.33. The van der Waals surface area contributed by atoms with E-state index in [0.29, 0.717) is 17.8 Å². The zero-order valence-corrected chi connectivity index (χ0v) is 10.5. The summed E-state index contributed by atoms with van der Waals surface area (Å²) in [7, 11) is 0. The van der Waals surface area contributed by atoms with Crippen molar-refractivity contribution in [2.75, 3.05) is 0 Å². The molecule has 0 amide bonds. The normalized spacial score (nSPS) is 53.5. The van der Waals surface area contributed by atoms with Crippen molar-refractivity contribution in [1.29, 1.82) is 0 Å². The second-order valence-electron chi connectivity index (χ2n) is 6.94. The highest BCUT2D eigenvalue weighted by Crippen LogP contribution is 2.72. The van der Waals surface area contributed by atoms with Crippen molar-refractivity contribution in [3.63, 3.8) is 0 Å². The van der Waals surface area contributed by atoms with Gasteiger partial charge in [-0.3, -0.25) is 9.59 Å². The van der Waals surface area contributed by atoms with Crippen LogP contribution in [-0.4, -0.2) is 11.6 Å². The third-order valence-corrected chi connectivity index (χ3v) is 5.99. The largest absolute Gasteiger partial charge is 0.299 e. The van der Waals surface area contributed by atoms with Gasteiger partial charge in [0, 0.05) is 11.3 Å². The van der Waals surface area contributed by atoms with Crippen molar-refractivity contribution in [3.8, 4) is 0 Å². The van der Waals surface area contributed by atoms with Crippen LogP contribution < -0.4 is 0 Å². The van der Waals surface area contributed by atoms with E-state index < -0.39 is 0 Å². The average molecular weight is 220 g/mol. The van der Waals surface area contributed by atoms with Gasteiger partial charge in [0.05, 0.1) is 6.42 Å². The van der Waals surface area contributed by atoms with Gasteiger partial charge in [0.15, 0.2) is 0 Å². The summed E-state index contributed by atoms with van der Waals surface area (Å²) in [5, 5.41) is 0. The summed E-state index contributed by atoms with van der Waals surface area (Å²) in [4.78, 5) is 24.2. The molecule has 0 radical (unpaired) electrons. The van der Waals surface area contributed by atoms with E-state index in [0.717, 1.165) is 6.42 Å². The number of hydrogen-bond acceptors (Lipinski definition) is 2. The molecule has 2 nitrogen and oxygen atoms in total. The standard InChI is InChI=1S/C14H20O2/c1-7-5-9-13(2,3)11(7)12-8(15)6-10(16)14(9,12)4/h7,9,11-12H,5-6H2,1-4H3/t7?,9-,11-,12+,14+/m0/s1. The Balaban J connectivity index is 2.18. The van der Waals surface area contributed by atoms with Gasteiger partial charge in [-0.2, -0.15) is 0 Å². The molecule has 3 aliphatic carbocycles. The minimum absolute atomic E-state index is 0.0312. The summed E-state index contributed by atoms with van der Waals surface area (Å²) in [5.74, 6) is 1.93. The quantitative estimate of drug-likeness (QED) is 0.588. The number of hydrogen-bond donors (Lipinski definition) is 0. The average Bonchev–Trinajstić information content (AvgIpc) is 2.58. The smallest absolute Gasteiger partial charge is 0.147 e. The maximum Gasteiger partial charge on any atom is 0.147 e. The van der Waals surface area contributed by atoms with Gasteiger partial charge in [0.25, 0.3) is 0 Å². The molecule has 0 aromatic rings. The molecular formula is C14H20O2. The Bertz CT molecular complexity index is 392. The van der Waals surface area contributed by atoms with E-state index in [4.69, 9.17) is 0 Å².